The number of piperazine rings is 1. The minimum absolute atomic E-state index is 0.00621. The maximum Gasteiger partial charge on any atom is 0.243 e. The monoisotopic (exact) mass is 322 g/mol. The molecule has 0 radical (unpaired) electrons. The van der Waals surface area contributed by atoms with E-state index in [1.54, 1.807) is 0 Å². The van der Waals surface area contributed by atoms with Gasteiger partial charge < -0.3 is 0 Å². The van der Waals surface area contributed by atoms with Gasteiger partial charge in [0.1, 0.15) is 5.82 Å². The third-order valence-corrected chi connectivity index (χ3v) is 6.33. The summed E-state index contributed by atoms with van der Waals surface area (Å²) in [7, 11) is -7.01. The first-order chi connectivity index (χ1) is 9.21. The van der Waals surface area contributed by atoms with E-state index in [1.165, 1.54) is 20.7 Å². The van der Waals surface area contributed by atoms with E-state index in [4.69, 9.17) is 0 Å². The van der Waals surface area contributed by atoms with Crippen LogP contribution in [0.5, 0.6) is 0 Å². The first-order valence-electron chi connectivity index (χ1n) is 5.92. The normalized spacial score (nSPS) is 19.1. The summed E-state index contributed by atoms with van der Waals surface area (Å²) < 4.78 is 62.6. The molecule has 0 N–H and O–H groups in total. The Balaban J connectivity index is 2.15. The summed E-state index contributed by atoms with van der Waals surface area (Å²) >= 11 is 0. The van der Waals surface area contributed by atoms with E-state index >= 15 is 0 Å². The van der Waals surface area contributed by atoms with Crippen LogP contribution in [0, 0.1) is 5.82 Å². The molecule has 1 aliphatic heterocycles. The van der Waals surface area contributed by atoms with Crippen LogP contribution >= 0.6 is 0 Å². The Hall–Kier alpha value is -1.03. The van der Waals surface area contributed by atoms with Crippen LogP contribution in [0.15, 0.2) is 29.2 Å². The lowest BCUT2D eigenvalue weighted by Gasteiger charge is -2.32. The highest BCUT2D eigenvalue weighted by atomic mass is 32.2. The molecule has 0 atom stereocenters. The molecule has 0 aliphatic carbocycles. The molecule has 6 nitrogen and oxygen atoms in total. The van der Waals surface area contributed by atoms with Gasteiger partial charge in [0.25, 0.3) is 0 Å². The van der Waals surface area contributed by atoms with Crippen LogP contribution in [0.25, 0.3) is 0 Å². The second kappa shape index (κ2) is 5.40. The zero-order chi connectivity index (χ0) is 15.0. The van der Waals surface area contributed by atoms with Gasteiger partial charge in [-0.3, -0.25) is 0 Å². The van der Waals surface area contributed by atoms with E-state index in [9.17, 15) is 21.2 Å². The fourth-order valence-corrected chi connectivity index (χ4v) is 4.25. The molecular weight excluding hydrogens is 307 g/mol. The highest BCUT2D eigenvalue weighted by Gasteiger charge is 2.31. The van der Waals surface area contributed by atoms with Gasteiger partial charge in [-0.2, -0.15) is 8.61 Å². The standard InChI is InChI=1S/C11H15FN2O4S2/c1-19(15,16)13-6-8-14(9-7-13)20(17,18)11-4-2-10(12)3-5-11/h2-5H,6-9H2,1H3. The van der Waals surface area contributed by atoms with E-state index in [2.05, 4.69) is 0 Å². The van der Waals surface area contributed by atoms with Crippen molar-refractivity contribution in [3.05, 3.63) is 30.1 Å². The highest BCUT2D eigenvalue weighted by Crippen LogP contribution is 2.18. The predicted octanol–water partition coefficient (Wildman–Crippen LogP) is 0.0916. The van der Waals surface area contributed by atoms with Gasteiger partial charge in [-0.25, -0.2) is 21.2 Å². The topological polar surface area (TPSA) is 74.8 Å². The minimum Gasteiger partial charge on any atom is -0.213 e. The molecule has 1 aromatic rings. The highest BCUT2D eigenvalue weighted by molar-refractivity contribution is 7.89. The second-order valence-electron chi connectivity index (χ2n) is 4.52. The van der Waals surface area contributed by atoms with Crippen molar-refractivity contribution in [3.8, 4) is 0 Å². The van der Waals surface area contributed by atoms with Crippen molar-refractivity contribution in [1.29, 1.82) is 0 Å². The number of benzene rings is 1. The molecule has 1 saturated heterocycles. The quantitative estimate of drug-likeness (QED) is 0.790. The Morgan fingerprint density at radius 1 is 0.900 bits per heavy atom. The average molecular weight is 322 g/mol. The molecule has 1 aliphatic rings. The molecule has 2 rings (SSSR count). The third kappa shape index (κ3) is 3.17. The summed E-state index contributed by atoms with van der Waals surface area (Å²) in [6.07, 6.45) is 1.09. The van der Waals surface area contributed by atoms with Crippen molar-refractivity contribution in [2.75, 3.05) is 32.4 Å². The fourth-order valence-electron chi connectivity index (χ4n) is 2.00. The van der Waals surface area contributed by atoms with Gasteiger partial charge in [0.15, 0.2) is 0 Å². The summed E-state index contributed by atoms with van der Waals surface area (Å²) in [5.74, 6) is -0.508. The molecule has 9 heteroatoms. The molecule has 0 aromatic heterocycles. The van der Waals surface area contributed by atoms with Gasteiger partial charge in [0, 0.05) is 26.2 Å². The smallest absolute Gasteiger partial charge is 0.213 e. The molecule has 0 saturated carbocycles. The van der Waals surface area contributed by atoms with Crippen molar-refractivity contribution in [3.63, 3.8) is 0 Å². The van der Waals surface area contributed by atoms with Crippen LogP contribution in [-0.2, 0) is 20.0 Å². The molecule has 1 heterocycles. The molecule has 0 amide bonds. The molecule has 20 heavy (non-hydrogen) atoms. The largest absolute Gasteiger partial charge is 0.243 e. The number of halogens is 1. The minimum atomic E-state index is -3.70. The van der Waals surface area contributed by atoms with Gasteiger partial charge >= 0.3 is 0 Å². The Labute approximate surface area is 117 Å². The summed E-state index contributed by atoms with van der Waals surface area (Å²) in [5, 5.41) is 0. The number of rotatable bonds is 3. The maximum absolute atomic E-state index is 12.8. The van der Waals surface area contributed by atoms with Crippen molar-refractivity contribution in [1.82, 2.24) is 8.61 Å². The van der Waals surface area contributed by atoms with Crippen LogP contribution in [-0.4, -0.2) is 57.9 Å². The van der Waals surface area contributed by atoms with E-state index in [0.717, 1.165) is 18.4 Å². The Kier molecular flexibility index (Phi) is 4.14. The molecule has 0 spiro atoms. The molecule has 0 unspecified atom stereocenters. The van der Waals surface area contributed by atoms with Gasteiger partial charge in [0.2, 0.25) is 20.0 Å². The zero-order valence-electron chi connectivity index (χ0n) is 10.9. The Bertz CT molecular complexity index is 678. The van der Waals surface area contributed by atoms with E-state index < -0.39 is 25.9 Å². The van der Waals surface area contributed by atoms with Gasteiger partial charge in [0.05, 0.1) is 11.2 Å². The van der Waals surface area contributed by atoms with Crippen LogP contribution in [0.2, 0.25) is 0 Å². The summed E-state index contributed by atoms with van der Waals surface area (Å²) in [6.45, 7) is 0.429. The number of hydrogen-bond donors (Lipinski definition) is 0. The summed E-state index contributed by atoms with van der Waals surface area (Å²) in [5.41, 5.74) is 0. The maximum atomic E-state index is 12.8. The second-order valence-corrected chi connectivity index (χ2v) is 8.44. The van der Waals surface area contributed by atoms with Crippen molar-refractivity contribution in [2.24, 2.45) is 0 Å². The zero-order valence-corrected chi connectivity index (χ0v) is 12.5. The molecule has 1 fully saturated rings. The number of hydrogen-bond acceptors (Lipinski definition) is 4. The fraction of sp³-hybridized carbons (Fsp3) is 0.455. The first kappa shape index (κ1) is 15.4. The molecule has 1 aromatic carbocycles. The van der Waals surface area contributed by atoms with Crippen molar-refractivity contribution in [2.45, 2.75) is 4.90 Å². The van der Waals surface area contributed by atoms with Crippen LogP contribution in [0.1, 0.15) is 0 Å². The SMILES string of the molecule is CS(=O)(=O)N1CCN(S(=O)(=O)c2ccc(F)cc2)CC1. The Morgan fingerprint density at radius 2 is 1.35 bits per heavy atom. The van der Waals surface area contributed by atoms with Gasteiger partial charge in [-0.1, -0.05) is 0 Å². The van der Waals surface area contributed by atoms with E-state index in [1.807, 2.05) is 0 Å². The predicted molar refractivity (Wildman–Crippen MR) is 71.6 cm³/mol. The Morgan fingerprint density at radius 3 is 1.80 bits per heavy atom. The van der Waals surface area contributed by atoms with Crippen LogP contribution in [0.3, 0.4) is 0 Å². The first-order valence-corrected chi connectivity index (χ1v) is 9.21. The average Bonchev–Trinajstić information content (AvgIpc) is 2.38. The number of nitrogens with zero attached hydrogens (tertiary/aromatic N) is 2. The van der Waals surface area contributed by atoms with E-state index in [0.29, 0.717) is 0 Å². The summed E-state index contributed by atoms with van der Waals surface area (Å²) in [4.78, 5) is 0.00621. The lowest BCUT2D eigenvalue weighted by molar-refractivity contribution is 0.274. The van der Waals surface area contributed by atoms with Crippen molar-refractivity contribution >= 4 is 20.0 Å². The van der Waals surface area contributed by atoms with Gasteiger partial charge in [-0.15, -0.1) is 0 Å². The molecular formula is C11H15FN2O4S2. The van der Waals surface area contributed by atoms with Crippen LogP contribution in [0.4, 0.5) is 4.39 Å². The third-order valence-electron chi connectivity index (χ3n) is 3.12. The van der Waals surface area contributed by atoms with Gasteiger partial charge in [-0.05, 0) is 24.3 Å². The lowest BCUT2D eigenvalue weighted by Crippen LogP contribution is -2.50. The summed E-state index contributed by atoms with van der Waals surface area (Å²) in [6, 6.07) is 4.57. The molecule has 0 bridgehead atoms. The van der Waals surface area contributed by atoms with Crippen LogP contribution < -0.4 is 0 Å². The van der Waals surface area contributed by atoms with Crippen molar-refractivity contribution < 1.29 is 21.2 Å². The lowest BCUT2D eigenvalue weighted by atomic mass is 10.4. The van der Waals surface area contributed by atoms with E-state index in [-0.39, 0.29) is 31.1 Å². The molecule has 112 valence electrons. The number of sulfonamides is 2.